The van der Waals surface area contributed by atoms with E-state index < -0.39 is 0 Å². The maximum Gasteiger partial charge on any atom is 0.0398 e. The molecular weight excluding hydrogens is 188 g/mol. The van der Waals surface area contributed by atoms with Crippen LogP contribution in [0.15, 0.2) is 4.99 Å². The molecule has 0 aromatic carbocycles. The Morgan fingerprint density at radius 2 is 1.33 bits per heavy atom. The van der Waals surface area contributed by atoms with Crippen LogP contribution in [0.4, 0.5) is 0 Å². The molecule has 1 aliphatic heterocycles. The van der Waals surface area contributed by atoms with Crippen LogP contribution in [-0.2, 0) is 0 Å². The van der Waals surface area contributed by atoms with Crippen LogP contribution in [0, 0.1) is 0 Å². The van der Waals surface area contributed by atoms with Crippen LogP contribution < -0.4 is 16.0 Å². The van der Waals surface area contributed by atoms with Crippen LogP contribution in [0.1, 0.15) is 19.3 Å². The summed E-state index contributed by atoms with van der Waals surface area (Å²) in [6.45, 7) is 7.39. The zero-order chi connectivity index (χ0) is 10.6. The van der Waals surface area contributed by atoms with Gasteiger partial charge in [-0.1, -0.05) is 0 Å². The Labute approximate surface area is 92.9 Å². The van der Waals surface area contributed by atoms with Crippen molar-refractivity contribution in [1.82, 2.24) is 16.0 Å². The molecule has 3 N–H and O–H groups in total. The Hall–Kier alpha value is -0.450. The summed E-state index contributed by atoms with van der Waals surface area (Å²) in [6.07, 6.45) is 5.55. The highest BCUT2D eigenvalue weighted by atomic mass is 14.9. The summed E-state index contributed by atoms with van der Waals surface area (Å²) in [7, 11) is 0. The molecule has 0 aliphatic carbocycles. The molecule has 0 aromatic rings. The van der Waals surface area contributed by atoms with E-state index in [2.05, 4.69) is 20.9 Å². The second kappa shape index (κ2) is 10.1. The molecule has 0 spiro atoms. The maximum absolute atomic E-state index is 4.34. The van der Waals surface area contributed by atoms with E-state index in [4.69, 9.17) is 0 Å². The van der Waals surface area contributed by atoms with Crippen molar-refractivity contribution in [3.63, 3.8) is 0 Å². The van der Waals surface area contributed by atoms with Crippen molar-refractivity contribution in [3.05, 3.63) is 0 Å². The quantitative estimate of drug-likeness (QED) is 0.530. The van der Waals surface area contributed by atoms with Gasteiger partial charge in [0, 0.05) is 19.3 Å². The van der Waals surface area contributed by atoms with Crippen LogP contribution in [0.3, 0.4) is 0 Å². The maximum atomic E-state index is 4.34. The number of nitrogens with one attached hydrogen (secondary N) is 3. The molecule has 0 radical (unpaired) electrons. The molecule has 4 heteroatoms. The molecule has 0 unspecified atom stereocenters. The van der Waals surface area contributed by atoms with Gasteiger partial charge in [-0.05, 0) is 52.0 Å². The minimum Gasteiger partial charge on any atom is -0.317 e. The highest BCUT2D eigenvalue weighted by Gasteiger charge is 1.91. The molecule has 15 heavy (non-hydrogen) atoms. The van der Waals surface area contributed by atoms with Gasteiger partial charge in [-0.15, -0.1) is 0 Å². The average Bonchev–Trinajstić information content (AvgIpc) is 2.27. The van der Waals surface area contributed by atoms with E-state index in [0.29, 0.717) is 0 Å². The topological polar surface area (TPSA) is 48.5 Å². The van der Waals surface area contributed by atoms with Crippen LogP contribution in [0.25, 0.3) is 0 Å². The fraction of sp³-hybridized carbons (Fsp3) is 0.909. The molecule has 0 saturated heterocycles. The van der Waals surface area contributed by atoms with Crippen molar-refractivity contribution in [2.75, 3.05) is 45.8 Å². The third kappa shape index (κ3) is 8.54. The Balaban J connectivity index is 2.08. The lowest BCUT2D eigenvalue weighted by Gasteiger charge is -2.05. The zero-order valence-electron chi connectivity index (χ0n) is 9.60. The van der Waals surface area contributed by atoms with Crippen molar-refractivity contribution in [2.45, 2.75) is 19.3 Å². The number of hydrogen-bond donors (Lipinski definition) is 3. The summed E-state index contributed by atoms with van der Waals surface area (Å²) in [5.74, 6) is 0. The van der Waals surface area contributed by atoms with Crippen molar-refractivity contribution in [1.29, 1.82) is 0 Å². The van der Waals surface area contributed by atoms with Crippen molar-refractivity contribution >= 4 is 6.21 Å². The molecule has 1 rings (SSSR count). The third-order valence-electron chi connectivity index (χ3n) is 2.42. The first-order valence-corrected chi connectivity index (χ1v) is 6.10. The molecular formula is C11H24N4. The summed E-state index contributed by atoms with van der Waals surface area (Å²) < 4.78 is 0. The van der Waals surface area contributed by atoms with Gasteiger partial charge in [0.25, 0.3) is 0 Å². The van der Waals surface area contributed by atoms with E-state index in [1.165, 1.54) is 12.8 Å². The lowest BCUT2D eigenvalue weighted by molar-refractivity contribution is 0.572. The van der Waals surface area contributed by atoms with Gasteiger partial charge in [-0.25, -0.2) is 0 Å². The van der Waals surface area contributed by atoms with Crippen molar-refractivity contribution in [3.8, 4) is 0 Å². The summed E-state index contributed by atoms with van der Waals surface area (Å²) in [5.41, 5.74) is 0. The second-order valence-corrected chi connectivity index (χ2v) is 3.85. The van der Waals surface area contributed by atoms with Gasteiger partial charge in [0.2, 0.25) is 0 Å². The molecule has 88 valence electrons. The molecule has 1 heterocycles. The Bertz CT molecular complexity index is 143. The van der Waals surface area contributed by atoms with Gasteiger partial charge < -0.3 is 16.0 Å². The van der Waals surface area contributed by atoms with Crippen LogP contribution in [-0.4, -0.2) is 52.0 Å². The monoisotopic (exact) mass is 212 g/mol. The molecule has 4 nitrogen and oxygen atoms in total. The van der Waals surface area contributed by atoms with Crippen LogP contribution in [0.2, 0.25) is 0 Å². The van der Waals surface area contributed by atoms with E-state index >= 15 is 0 Å². The van der Waals surface area contributed by atoms with E-state index in [1.54, 1.807) is 0 Å². The van der Waals surface area contributed by atoms with Gasteiger partial charge >= 0.3 is 0 Å². The average molecular weight is 212 g/mol. The van der Waals surface area contributed by atoms with Gasteiger partial charge in [0.1, 0.15) is 0 Å². The summed E-state index contributed by atoms with van der Waals surface area (Å²) >= 11 is 0. The lowest BCUT2D eigenvalue weighted by Crippen LogP contribution is -2.25. The molecule has 1 aliphatic rings. The molecule has 0 saturated carbocycles. The van der Waals surface area contributed by atoms with E-state index in [1.807, 2.05) is 6.21 Å². The summed E-state index contributed by atoms with van der Waals surface area (Å²) in [4.78, 5) is 4.34. The zero-order valence-corrected chi connectivity index (χ0v) is 9.60. The van der Waals surface area contributed by atoms with Crippen molar-refractivity contribution in [2.24, 2.45) is 4.99 Å². The second-order valence-electron chi connectivity index (χ2n) is 3.85. The Morgan fingerprint density at radius 3 is 2.07 bits per heavy atom. The smallest absolute Gasteiger partial charge is 0.0398 e. The van der Waals surface area contributed by atoms with Gasteiger partial charge in [-0.2, -0.15) is 0 Å². The summed E-state index contributed by atoms with van der Waals surface area (Å²) in [5, 5.41) is 10.2. The standard InChI is InChI=1S/C11H24N4/c1-4-12-6-2-8-14-10-11-15-9-3-7-13-5-1/h10,12-13,15H,1-9,11H2. The SMILES string of the molecule is C1=NCCCNCCCNCCCNC1. The van der Waals surface area contributed by atoms with Gasteiger partial charge in [0.05, 0.1) is 0 Å². The first-order chi connectivity index (χ1) is 7.50. The minimum absolute atomic E-state index is 0.910. The third-order valence-corrected chi connectivity index (χ3v) is 2.42. The summed E-state index contributed by atoms with van der Waals surface area (Å²) in [6, 6.07) is 0. The predicted octanol–water partition coefficient (Wildman–Crippen LogP) is 0.00990. The fourth-order valence-electron chi connectivity index (χ4n) is 1.54. The lowest BCUT2D eigenvalue weighted by atomic mass is 10.3. The van der Waals surface area contributed by atoms with E-state index in [0.717, 1.165) is 52.2 Å². The number of aliphatic imine (C=N–C) groups is 1. The Kier molecular flexibility index (Phi) is 8.48. The normalized spacial score (nSPS) is 22.9. The van der Waals surface area contributed by atoms with E-state index in [-0.39, 0.29) is 0 Å². The van der Waals surface area contributed by atoms with Crippen LogP contribution >= 0.6 is 0 Å². The van der Waals surface area contributed by atoms with Gasteiger partial charge in [-0.3, -0.25) is 4.99 Å². The predicted molar refractivity (Wildman–Crippen MR) is 65.8 cm³/mol. The largest absolute Gasteiger partial charge is 0.317 e. The first-order valence-electron chi connectivity index (χ1n) is 6.10. The highest BCUT2D eigenvalue weighted by Crippen LogP contribution is 1.81. The molecule has 0 fully saturated rings. The fourth-order valence-corrected chi connectivity index (χ4v) is 1.54. The minimum atomic E-state index is 0.910. The van der Waals surface area contributed by atoms with Gasteiger partial charge in [0.15, 0.2) is 0 Å². The highest BCUT2D eigenvalue weighted by molar-refractivity contribution is 5.59. The number of hydrogen-bond acceptors (Lipinski definition) is 4. The first kappa shape index (κ1) is 12.6. The number of rotatable bonds is 0. The molecule has 0 aromatic heterocycles. The van der Waals surface area contributed by atoms with Crippen LogP contribution in [0.5, 0.6) is 0 Å². The van der Waals surface area contributed by atoms with E-state index in [9.17, 15) is 0 Å². The molecule has 0 bridgehead atoms. The Morgan fingerprint density at radius 1 is 0.733 bits per heavy atom. The number of nitrogens with zero attached hydrogens (tertiary/aromatic N) is 1. The molecule has 0 amide bonds. The molecule has 0 atom stereocenters. The van der Waals surface area contributed by atoms with Crippen molar-refractivity contribution < 1.29 is 0 Å².